The van der Waals surface area contributed by atoms with Gasteiger partial charge in [-0.25, -0.2) is 13.1 Å². The minimum Gasteiger partial charge on any atom is -0.213 e. The van der Waals surface area contributed by atoms with Crippen molar-refractivity contribution in [3.8, 4) is 0 Å². The number of rotatable bonds is 4. The van der Waals surface area contributed by atoms with Gasteiger partial charge in [-0.2, -0.15) is 0 Å². The van der Waals surface area contributed by atoms with Crippen LogP contribution in [0.15, 0.2) is 0 Å². The van der Waals surface area contributed by atoms with Gasteiger partial charge in [0.2, 0.25) is 10.0 Å². The number of sulfonamides is 1. The fourth-order valence-electron chi connectivity index (χ4n) is 0.588. The van der Waals surface area contributed by atoms with E-state index in [2.05, 4.69) is 20.7 Å². The molecule has 0 saturated carbocycles. The van der Waals surface area contributed by atoms with Crippen LogP contribution in [-0.4, -0.2) is 26.0 Å². The average Bonchev–Trinajstić information content (AvgIpc) is 1.59. The maximum absolute atomic E-state index is 10.6. The third kappa shape index (κ3) is 6.51. The molecule has 0 aromatic carbocycles. The van der Waals surface area contributed by atoms with Crippen molar-refractivity contribution >= 4 is 26.0 Å². The van der Waals surface area contributed by atoms with Crippen LogP contribution in [0.2, 0.25) is 0 Å². The third-order valence-corrected chi connectivity index (χ3v) is 2.25. The maximum Gasteiger partial charge on any atom is 0.208 e. The van der Waals surface area contributed by atoms with Crippen LogP contribution in [0.5, 0.6) is 0 Å². The zero-order valence-corrected chi connectivity index (χ0v) is 8.50. The van der Waals surface area contributed by atoms with E-state index in [1.807, 2.05) is 6.92 Å². The molecule has 1 atom stereocenters. The quantitative estimate of drug-likeness (QED) is 0.723. The molecule has 0 spiro atoms. The van der Waals surface area contributed by atoms with Crippen molar-refractivity contribution in [2.24, 2.45) is 0 Å². The van der Waals surface area contributed by atoms with Crippen molar-refractivity contribution in [2.75, 3.05) is 11.6 Å². The van der Waals surface area contributed by atoms with Crippen molar-refractivity contribution < 1.29 is 8.42 Å². The van der Waals surface area contributed by atoms with Crippen molar-refractivity contribution in [1.29, 1.82) is 0 Å². The molecule has 0 aromatic rings. The lowest BCUT2D eigenvalue weighted by molar-refractivity contribution is 0.563. The highest BCUT2D eigenvalue weighted by Crippen LogP contribution is 1.95. The van der Waals surface area contributed by atoms with Crippen molar-refractivity contribution in [1.82, 2.24) is 4.72 Å². The molecule has 0 aliphatic rings. The molecule has 1 N–H and O–H groups in total. The van der Waals surface area contributed by atoms with Gasteiger partial charge in [-0.3, -0.25) is 0 Å². The first-order chi connectivity index (χ1) is 4.45. The second-order valence-electron chi connectivity index (χ2n) is 2.27. The summed E-state index contributed by atoms with van der Waals surface area (Å²) in [6.45, 7) is 1.84. The van der Waals surface area contributed by atoms with E-state index in [-0.39, 0.29) is 6.04 Å². The molecule has 62 valence electrons. The number of hydrogen-bond donors (Lipinski definition) is 1. The molecule has 0 radical (unpaired) electrons. The van der Waals surface area contributed by atoms with E-state index in [0.29, 0.717) is 0 Å². The molecule has 0 rings (SSSR count). The average molecular weight is 230 g/mol. The summed E-state index contributed by atoms with van der Waals surface area (Å²) in [5.74, 6) is 0. The van der Waals surface area contributed by atoms with Crippen LogP contribution in [0.4, 0.5) is 0 Å². The van der Waals surface area contributed by atoms with Gasteiger partial charge in [-0.05, 0) is 13.3 Å². The predicted octanol–water partition coefficient (Wildman–Crippen LogP) is 0.709. The Morgan fingerprint density at radius 3 is 2.40 bits per heavy atom. The van der Waals surface area contributed by atoms with Gasteiger partial charge in [0.15, 0.2) is 0 Å². The van der Waals surface area contributed by atoms with Crippen LogP contribution in [0.3, 0.4) is 0 Å². The van der Waals surface area contributed by atoms with Gasteiger partial charge in [-0.15, -0.1) is 0 Å². The largest absolute Gasteiger partial charge is 0.213 e. The van der Waals surface area contributed by atoms with Crippen LogP contribution < -0.4 is 4.72 Å². The number of nitrogens with one attached hydrogen (secondary N) is 1. The Balaban J connectivity index is 3.69. The van der Waals surface area contributed by atoms with E-state index in [0.717, 1.165) is 18.0 Å². The number of alkyl halides is 1. The number of hydrogen-bond acceptors (Lipinski definition) is 2. The van der Waals surface area contributed by atoms with Crippen LogP contribution in [-0.2, 0) is 10.0 Å². The molecular weight excluding hydrogens is 218 g/mol. The van der Waals surface area contributed by atoms with Gasteiger partial charge in [0.1, 0.15) is 0 Å². The minimum absolute atomic E-state index is 0.0226. The highest BCUT2D eigenvalue weighted by atomic mass is 79.9. The molecule has 3 nitrogen and oxygen atoms in total. The van der Waals surface area contributed by atoms with Crippen LogP contribution >= 0.6 is 15.9 Å². The van der Waals surface area contributed by atoms with Crippen molar-refractivity contribution in [2.45, 2.75) is 19.4 Å². The van der Waals surface area contributed by atoms with E-state index in [4.69, 9.17) is 0 Å². The van der Waals surface area contributed by atoms with E-state index in [1.165, 1.54) is 0 Å². The van der Waals surface area contributed by atoms with Crippen molar-refractivity contribution in [3.05, 3.63) is 0 Å². The molecule has 0 amide bonds. The summed E-state index contributed by atoms with van der Waals surface area (Å²) in [6, 6.07) is 0.0226. The minimum atomic E-state index is -3.02. The molecule has 0 saturated heterocycles. The fraction of sp³-hybridized carbons (Fsp3) is 1.00. The summed E-state index contributed by atoms with van der Waals surface area (Å²) in [7, 11) is -3.02. The Morgan fingerprint density at radius 2 is 2.10 bits per heavy atom. The molecule has 0 bridgehead atoms. The zero-order valence-electron chi connectivity index (χ0n) is 6.09. The standard InChI is InChI=1S/C5H12BrNO2S/c1-5(3-4-6)7-10(2,8)9/h5,7H,3-4H2,1-2H3. The molecule has 0 fully saturated rings. The molecule has 5 heteroatoms. The first kappa shape index (κ1) is 10.4. The lowest BCUT2D eigenvalue weighted by Gasteiger charge is -2.08. The predicted molar refractivity (Wildman–Crippen MR) is 45.9 cm³/mol. The van der Waals surface area contributed by atoms with Crippen LogP contribution in [0.25, 0.3) is 0 Å². The summed E-state index contributed by atoms with van der Waals surface area (Å²) >= 11 is 3.22. The molecule has 0 heterocycles. The molecular formula is C5H12BrNO2S. The number of halogens is 1. The fourth-order valence-corrected chi connectivity index (χ4v) is 2.12. The Bertz CT molecular complexity index is 178. The van der Waals surface area contributed by atoms with E-state index in [1.54, 1.807) is 0 Å². The molecule has 1 unspecified atom stereocenters. The van der Waals surface area contributed by atoms with E-state index < -0.39 is 10.0 Å². The zero-order chi connectivity index (χ0) is 8.20. The van der Waals surface area contributed by atoms with Gasteiger partial charge in [-0.1, -0.05) is 15.9 Å². The molecule has 0 aliphatic carbocycles. The van der Waals surface area contributed by atoms with Gasteiger partial charge in [0.25, 0.3) is 0 Å². The van der Waals surface area contributed by atoms with Crippen molar-refractivity contribution in [3.63, 3.8) is 0 Å². The topological polar surface area (TPSA) is 46.2 Å². The SMILES string of the molecule is CC(CCBr)NS(C)(=O)=O. The second-order valence-corrected chi connectivity index (χ2v) is 4.84. The molecule has 0 aromatic heterocycles. The Hall–Kier alpha value is 0.390. The monoisotopic (exact) mass is 229 g/mol. The summed E-state index contributed by atoms with van der Waals surface area (Å²) in [5.41, 5.74) is 0. The molecule has 0 aliphatic heterocycles. The van der Waals surface area contributed by atoms with Crippen LogP contribution in [0, 0.1) is 0 Å². The second kappa shape index (κ2) is 4.31. The summed E-state index contributed by atoms with van der Waals surface area (Å²) in [5, 5.41) is 0.816. The third-order valence-electron chi connectivity index (χ3n) is 0.957. The summed E-state index contributed by atoms with van der Waals surface area (Å²) in [6.07, 6.45) is 1.98. The first-order valence-corrected chi connectivity index (χ1v) is 6.00. The lowest BCUT2D eigenvalue weighted by Crippen LogP contribution is -2.31. The molecule has 10 heavy (non-hydrogen) atoms. The Labute approximate surface area is 70.4 Å². The van der Waals surface area contributed by atoms with E-state index >= 15 is 0 Å². The lowest BCUT2D eigenvalue weighted by atomic mass is 10.3. The maximum atomic E-state index is 10.6. The normalized spacial score (nSPS) is 15.1. The first-order valence-electron chi connectivity index (χ1n) is 2.99. The summed E-state index contributed by atoms with van der Waals surface area (Å²) < 4.78 is 23.6. The smallest absolute Gasteiger partial charge is 0.208 e. The van der Waals surface area contributed by atoms with Gasteiger partial charge in [0, 0.05) is 11.4 Å². The van der Waals surface area contributed by atoms with Gasteiger partial charge < -0.3 is 0 Å². The van der Waals surface area contributed by atoms with Gasteiger partial charge in [0.05, 0.1) is 6.26 Å². The highest BCUT2D eigenvalue weighted by Gasteiger charge is 2.06. The van der Waals surface area contributed by atoms with E-state index in [9.17, 15) is 8.42 Å². The Morgan fingerprint density at radius 1 is 1.60 bits per heavy atom. The highest BCUT2D eigenvalue weighted by molar-refractivity contribution is 9.09. The summed E-state index contributed by atoms with van der Waals surface area (Å²) in [4.78, 5) is 0. The van der Waals surface area contributed by atoms with Gasteiger partial charge >= 0.3 is 0 Å². The Kier molecular flexibility index (Phi) is 4.47. The van der Waals surface area contributed by atoms with Crippen LogP contribution in [0.1, 0.15) is 13.3 Å².